The average Bonchev–Trinajstić information content (AvgIpc) is 3.52. The predicted octanol–water partition coefficient (Wildman–Crippen LogP) is 4.03. The van der Waals surface area contributed by atoms with E-state index in [1.165, 1.54) is 37.0 Å². The van der Waals surface area contributed by atoms with Gasteiger partial charge in [-0.1, -0.05) is 0 Å². The van der Waals surface area contributed by atoms with Crippen molar-refractivity contribution in [1.29, 1.82) is 0 Å². The van der Waals surface area contributed by atoms with Crippen molar-refractivity contribution in [2.45, 2.75) is 25.6 Å². The highest BCUT2D eigenvalue weighted by atomic mass is 32.1. The first-order valence-corrected chi connectivity index (χ1v) is 9.93. The quantitative estimate of drug-likeness (QED) is 0.585. The molecule has 1 saturated heterocycles. The number of benzene rings is 1. The molecule has 0 saturated carbocycles. The van der Waals surface area contributed by atoms with Gasteiger partial charge in [-0.05, 0) is 31.0 Å². The SMILES string of the molecule is COC(=O)c1cc(C(=O)N2CCC[C@@H]2c2nc(CF)cs2)cc(-c2ncco2)c1. The van der Waals surface area contributed by atoms with Gasteiger partial charge in [0.15, 0.2) is 0 Å². The highest BCUT2D eigenvalue weighted by molar-refractivity contribution is 7.09. The van der Waals surface area contributed by atoms with Crippen molar-refractivity contribution in [3.63, 3.8) is 0 Å². The number of carbonyl (C=O) groups excluding carboxylic acids is 2. The maximum atomic E-state index is 13.3. The Hall–Kier alpha value is -3.07. The van der Waals surface area contributed by atoms with Crippen molar-refractivity contribution in [3.8, 4) is 11.5 Å². The highest BCUT2D eigenvalue weighted by Crippen LogP contribution is 2.35. The van der Waals surface area contributed by atoms with E-state index < -0.39 is 12.6 Å². The Balaban J connectivity index is 1.70. The summed E-state index contributed by atoms with van der Waals surface area (Å²) in [5, 5.41) is 2.40. The summed E-state index contributed by atoms with van der Waals surface area (Å²) in [5.74, 6) is -0.490. The van der Waals surface area contributed by atoms with Gasteiger partial charge in [-0.2, -0.15) is 0 Å². The van der Waals surface area contributed by atoms with Gasteiger partial charge < -0.3 is 14.1 Å². The summed E-state index contributed by atoms with van der Waals surface area (Å²) in [6.45, 7) is -0.0668. The number of likely N-dealkylation sites (tertiary alicyclic amines) is 1. The van der Waals surface area contributed by atoms with E-state index in [1.54, 1.807) is 22.4 Å². The molecule has 0 aliphatic carbocycles. The van der Waals surface area contributed by atoms with Crippen molar-refractivity contribution >= 4 is 23.2 Å². The number of hydrogen-bond acceptors (Lipinski definition) is 7. The van der Waals surface area contributed by atoms with Crippen LogP contribution in [0, 0.1) is 0 Å². The molecular formula is C20H18FN3O4S. The summed E-state index contributed by atoms with van der Waals surface area (Å²) in [6, 6.07) is 4.51. The Bertz CT molecular complexity index is 1030. The molecule has 3 heterocycles. The number of alkyl halides is 1. The summed E-state index contributed by atoms with van der Waals surface area (Å²) in [6.07, 6.45) is 4.49. The Morgan fingerprint density at radius 2 is 2.17 bits per heavy atom. The van der Waals surface area contributed by atoms with Gasteiger partial charge >= 0.3 is 5.97 Å². The van der Waals surface area contributed by atoms with Gasteiger partial charge in [0.25, 0.3) is 5.91 Å². The van der Waals surface area contributed by atoms with E-state index >= 15 is 0 Å². The van der Waals surface area contributed by atoms with E-state index in [1.807, 2.05) is 0 Å². The van der Waals surface area contributed by atoms with Crippen LogP contribution in [0.15, 0.2) is 40.5 Å². The number of aromatic nitrogens is 2. The van der Waals surface area contributed by atoms with E-state index in [0.717, 1.165) is 17.8 Å². The van der Waals surface area contributed by atoms with E-state index in [0.29, 0.717) is 29.3 Å². The summed E-state index contributed by atoms with van der Waals surface area (Å²) in [4.78, 5) is 35.6. The van der Waals surface area contributed by atoms with Crippen molar-refractivity contribution in [1.82, 2.24) is 14.9 Å². The lowest BCUT2D eigenvalue weighted by atomic mass is 10.0. The van der Waals surface area contributed by atoms with Crippen LogP contribution in [0.3, 0.4) is 0 Å². The molecule has 0 bridgehead atoms. The summed E-state index contributed by atoms with van der Waals surface area (Å²) in [5.41, 5.74) is 1.45. The fourth-order valence-corrected chi connectivity index (χ4v) is 4.39. The molecule has 1 fully saturated rings. The van der Waals surface area contributed by atoms with E-state index in [2.05, 4.69) is 9.97 Å². The van der Waals surface area contributed by atoms with E-state index in [4.69, 9.17) is 9.15 Å². The van der Waals surface area contributed by atoms with E-state index in [9.17, 15) is 14.0 Å². The number of nitrogens with zero attached hydrogens (tertiary/aromatic N) is 3. The maximum Gasteiger partial charge on any atom is 0.337 e. The fourth-order valence-electron chi connectivity index (χ4n) is 3.45. The zero-order valence-electron chi connectivity index (χ0n) is 15.6. The Labute approximate surface area is 170 Å². The molecule has 1 aliphatic heterocycles. The number of amides is 1. The normalized spacial score (nSPS) is 16.2. The minimum absolute atomic E-state index is 0.209. The lowest BCUT2D eigenvalue weighted by Crippen LogP contribution is -2.30. The molecular weight excluding hydrogens is 397 g/mol. The second-order valence-electron chi connectivity index (χ2n) is 6.60. The Morgan fingerprint density at radius 3 is 2.86 bits per heavy atom. The third-order valence-electron chi connectivity index (χ3n) is 4.79. The third-order valence-corrected chi connectivity index (χ3v) is 5.78. The second kappa shape index (κ2) is 8.12. The molecule has 0 unspecified atom stereocenters. The highest BCUT2D eigenvalue weighted by Gasteiger charge is 2.33. The number of rotatable bonds is 5. The zero-order chi connectivity index (χ0) is 20.4. The number of carbonyl (C=O) groups is 2. The van der Waals surface area contributed by atoms with Crippen molar-refractivity contribution in [2.75, 3.05) is 13.7 Å². The van der Waals surface area contributed by atoms with Gasteiger partial charge in [-0.15, -0.1) is 11.3 Å². The van der Waals surface area contributed by atoms with Gasteiger partial charge in [0.2, 0.25) is 5.89 Å². The largest absolute Gasteiger partial charge is 0.465 e. The second-order valence-corrected chi connectivity index (χ2v) is 7.48. The molecule has 1 amide bonds. The molecule has 3 aromatic rings. The van der Waals surface area contributed by atoms with Gasteiger partial charge in [0.1, 0.15) is 17.9 Å². The first-order chi connectivity index (χ1) is 14.1. The number of esters is 1. The Kier molecular flexibility index (Phi) is 5.39. The standard InChI is InChI=1S/C20H18FN3O4S/c1-27-20(26)14-8-12(17-22-4-6-28-17)7-13(9-14)19(25)24-5-2-3-16(24)18-23-15(10-21)11-29-18/h4,6-9,11,16H,2-3,5,10H2,1H3/t16-/m1/s1. The van der Waals surface area contributed by atoms with Gasteiger partial charge in [0, 0.05) is 23.1 Å². The summed E-state index contributed by atoms with van der Waals surface area (Å²) >= 11 is 1.36. The van der Waals surface area contributed by atoms with Crippen molar-refractivity contribution in [2.24, 2.45) is 0 Å². The first-order valence-electron chi connectivity index (χ1n) is 9.05. The smallest absolute Gasteiger partial charge is 0.337 e. The lowest BCUT2D eigenvalue weighted by molar-refractivity contribution is 0.0600. The molecule has 150 valence electrons. The molecule has 0 N–H and O–H groups in total. The minimum atomic E-state index is -0.627. The van der Waals surface area contributed by atoms with E-state index in [-0.39, 0.29) is 17.5 Å². The molecule has 0 spiro atoms. The Morgan fingerprint density at radius 1 is 1.34 bits per heavy atom. The van der Waals surface area contributed by atoms with Gasteiger partial charge in [0.05, 0.1) is 30.6 Å². The molecule has 1 aliphatic rings. The molecule has 7 nitrogen and oxygen atoms in total. The van der Waals surface area contributed by atoms with Crippen LogP contribution < -0.4 is 0 Å². The van der Waals surface area contributed by atoms with Crippen LogP contribution in [0.25, 0.3) is 11.5 Å². The van der Waals surface area contributed by atoms with Crippen LogP contribution in [0.5, 0.6) is 0 Å². The third kappa shape index (κ3) is 3.77. The molecule has 9 heteroatoms. The molecule has 4 rings (SSSR count). The lowest BCUT2D eigenvalue weighted by Gasteiger charge is -2.23. The van der Waals surface area contributed by atoms with Crippen LogP contribution in [0.4, 0.5) is 4.39 Å². The first kappa shape index (κ1) is 19.3. The number of oxazole rings is 1. The number of methoxy groups -OCH3 is 1. The average molecular weight is 415 g/mol. The van der Waals surface area contributed by atoms with Crippen LogP contribution >= 0.6 is 11.3 Å². The molecule has 29 heavy (non-hydrogen) atoms. The monoisotopic (exact) mass is 415 g/mol. The summed E-state index contributed by atoms with van der Waals surface area (Å²) < 4.78 is 23.0. The molecule has 1 atom stereocenters. The fraction of sp³-hybridized carbons (Fsp3) is 0.300. The number of hydrogen-bond donors (Lipinski definition) is 0. The zero-order valence-corrected chi connectivity index (χ0v) is 16.4. The van der Waals surface area contributed by atoms with Gasteiger partial charge in [-0.25, -0.2) is 19.2 Å². The van der Waals surface area contributed by atoms with Crippen molar-refractivity contribution < 1.29 is 23.1 Å². The van der Waals surface area contributed by atoms with Crippen LogP contribution in [0.2, 0.25) is 0 Å². The van der Waals surface area contributed by atoms with Crippen LogP contribution in [0.1, 0.15) is 50.3 Å². The number of thiazole rings is 1. The van der Waals surface area contributed by atoms with Gasteiger partial charge in [-0.3, -0.25) is 4.79 Å². The molecule has 2 aromatic heterocycles. The summed E-state index contributed by atoms with van der Waals surface area (Å²) in [7, 11) is 1.28. The molecule has 0 radical (unpaired) electrons. The maximum absolute atomic E-state index is 13.3. The number of halogens is 1. The van der Waals surface area contributed by atoms with Crippen molar-refractivity contribution in [3.05, 3.63) is 57.9 Å². The number of ether oxygens (including phenoxy) is 1. The topological polar surface area (TPSA) is 85.5 Å². The predicted molar refractivity (Wildman–Crippen MR) is 103 cm³/mol. The van der Waals surface area contributed by atoms with Crippen LogP contribution in [-0.4, -0.2) is 40.4 Å². The van der Waals surface area contributed by atoms with Crippen LogP contribution in [-0.2, 0) is 11.4 Å². The molecule has 1 aromatic carbocycles. The minimum Gasteiger partial charge on any atom is -0.465 e.